The van der Waals surface area contributed by atoms with Gasteiger partial charge in [-0.2, -0.15) is 0 Å². The molecule has 1 aliphatic rings. The van der Waals surface area contributed by atoms with Crippen molar-refractivity contribution in [2.24, 2.45) is 4.99 Å². The summed E-state index contributed by atoms with van der Waals surface area (Å²) in [5, 5.41) is 10.0. The molecular weight excluding hydrogens is 320 g/mol. The fourth-order valence-corrected chi connectivity index (χ4v) is 3.50. The molecule has 0 saturated heterocycles. The predicted octanol–water partition coefficient (Wildman–Crippen LogP) is 4.82. The van der Waals surface area contributed by atoms with E-state index in [4.69, 9.17) is 0 Å². The van der Waals surface area contributed by atoms with Gasteiger partial charge < -0.3 is 10.0 Å². The molecule has 0 aromatic heterocycles. The molecule has 0 bridgehead atoms. The highest BCUT2D eigenvalue weighted by atomic mass is 32.2. The van der Waals surface area contributed by atoms with Gasteiger partial charge in [-0.3, -0.25) is 4.99 Å². The van der Waals surface area contributed by atoms with Crippen LogP contribution in [0.4, 0.5) is 5.69 Å². The summed E-state index contributed by atoms with van der Waals surface area (Å²) >= 11 is 1.81. The van der Waals surface area contributed by atoms with Gasteiger partial charge in [0.05, 0.1) is 0 Å². The fraction of sp³-hybridized carbons (Fsp3) is 0.368. The lowest BCUT2D eigenvalue weighted by molar-refractivity contribution is -0.136. The summed E-state index contributed by atoms with van der Waals surface area (Å²) < 4.78 is 0. The lowest BCUT2D eigenvalue weighted by Crippen LogP contribution is -2.44. The van der Waals surface area contributed by atoms with Gasteiger partial charge in [0, 0.05) is 33.9 Å². The van der Waals surface area contributed by atoms with Gasteiger partial charge in [-0.25, -0.2) is 4.79 Å². The summed E-state index contributed by atoms with van der Waals surface area (Å²) in [6, 6.07) is 5.34. The average Bonchev–Trinajstić information content (AvgIpc) is 2.47. The Kier molecular flexibility index (Phi) is 5.89. The largest absolute Gasteiger partial charge is 0.479 e. The molecule has 0 saturated carbocycles. The second kappa shape index (κ2) is 7.71. The maximum atomic E-state index is 11.7. The second-order valence-corrected chi connectivity index (χ2v) is 7.95. The Hall–Kier alpha value is -2.01. The third kappa shape index (κ3) is 4.29. The molecule has 0 radical (unpaired) electrons. The first-order valence-corrected chi connectivity index (χ1v) is 8.85. The van der Waals surface area contributed by atoms with Crippen molar-refractivity contribution in [1.82, 2.24) is 0 Å². The molecule has 1 atom stereocenters. The van der Waals surface area contributed by atoms with E-state index >= 15 is 0 Å². The molecule has 1 aromatic carbocycles. The van der Waals surface area contributed by atoms with E-state index in [1.165, 1.54) is 10.5 Å². The Morgan fingerprint density at radius 2 is 2.08 bits per heavy atom. The standard InChI is InChI=1S/C19H24N2O2S/c1-12(2)10-15-11-16(6-7-17(15)24-13(3)4)21-9-8-20-14(5)18(21)19(22)23/h6-11,13,18H,1-5H3,(H,22,23). The van der Waals surface area contributed by atoms with Crippen molar-refractivity contribution in [3.05, 3.63) is 41.7 Å². The van der Waals surface area contributed by atoms with Crippen molar-refractivity contribution in [2.45, 2.75) is 50.8 Å². The van der Waals surface area contributed by atoms with E-state index in [9.17, 15) is 9.90 Å². The van der Waals surface area contributed by atoms with Crippen LogP contribution in [0.1, 0.15) is 40.2 Å². The summed E-state index contributed by atoms with van der Waals surface area (Å²) in [6.07, 6.45) is 5.51. The zero-order chi connectivity index (χ0) is 17.9. The van der Waals surface area contributed by atoms with Crippen LogP contribution < -0.4 is 4.90 Å². The van der Waals surface area contributed by atoms with Crippen molar-refractivity contribution in [1.29, 1.82) is 0 Å². The number of carboxylic acids is 1. The van der Waals surface area contributed by atoms with Crippen molar-refractivity contribution < 1.29 is 9.90 Å². The van der Waals surface area contributed by atoms with E-state index in [-0.39, 0.29) is 0 Å². The van der Waals surface area contributed by atoms with Crippen molar-refractivity contribution in [3.8, 4) is 0 Å². The minimum absolute atomic E-state index is 0.483. The molecule has 24 heavy (non-hydrogen) atoms. The van der Waals surface area contributed by atoms with Gasteiger partial charge in [0.2, 0.25) is 0 Å². The summed E-state index contributed by atoms with van der Waals surface area (Å²) in [4.78, 5) is 18.7. The summed E-state index contributed by atoms with van der Waals surface area (Å²) in [5.74, 6) is -0.898. The van der Waals surface area contributed by atoms with Gasteiger partial charge in [0.1, 0.15) is 0 Å². The van der Waals surface area contributed by atoms with Crippen LogP contribution in [0.5, 0.6) is 0 Å². The Morgan fingerprint density at radius 3 is 2.67 bits per heavy atom. The summed E-state index contributed by atoms with van der Waals surface area (Å²) in [7, 11) is 0. The third-order valence-corrected chi connectivity index (χ3v) is 4.61. The Balaban J connectivity index is 2.47. The van der Waals surface area contributed by atoms with Crippen LogP contribution in [0.15, 0.2) is 46.1 Å². The van der Waals surface area contributed by atoms with Crippen molar-refractivity contribution in [2.75, 3.05) is 4.90 Å². The molecule has 1 unspecified atom stereocenters. The molecule has 128 valence electrons. The number of aliphatic carboxylic acids is 1. The third-order valence-electron chi connectivity index (χ3n) is 3.51. The Bertz CT molecular complexity index is 716. The number of thioether (sulfide) groups is 1. The lowest BCUT2D eigenvalue weighted by Gasteiger charge is -2.30. The second-order valence-electron chi connectivity index (χ2n) is 6.33. The average molecular weight is 344 g/mol. The fourth-order valence-electron chi connectivity index (χ4n) is 2.60. The molecule has 0 amide bonds. The number of benzene rings is 1. The number of carboxylic acid groups (broad SMARTS) is 1. The number of aliphatic imine (C=N–C) groups is 1. The van der Waals surface area contributed by atoms with Crippen LogP contribution >= 0.6 is 11.8 Å². The molecule has 0 aliphatic carbocycles. The molecular formula is C19H24N2O2S. The molecule has 1 heterocycles. The highest BCUT2D eigenvalue weighted by molar-refractivity contribution is 8.00. The topological polar surface area (TPSA) is 52.9 Å². The van der Waals surface area contributed by atoms with Gasteiger partial charge in [-0.15, -0.1) is 11.8 Å². The zero-order valence-electron chi connectivity index (χ0n) is 14.8. The normalized spacial score (nSPS) is 17.0. The van der Waals surface area contributed by atoms with Gasteiger partial charge >= 0.3 is 5.97 Å². The molecule has 1 N–H and O–H groups in total. The predicted molar refractivity (Wildman–Crippen MR) is 103 cm³/mol. The van der Waals surface area contributed by atoms with E-state index in [0.29, 0.717) is 11.0 Å². The number of hydrogen-bond acceptors (Lipinski definition) is 4. The van der Waals surface area contributed by atoms with Crippen LogP contribution in [0.3, 0.4) is 0 Å². The zero-order valence-corrected chi connectivity index (χ0v) is 15.6. The molecule has 4 nitrogen and oxygen atoms in total. The van der Waals surface area contributed by atoms with Crippen LogP contribution in [0.2, 0.25) is 0 Å². The van der Waals surface area contributed by atoms with Crippen LogP contribution in [0, 0.1) is 0 Å². The van der Waals surface area contributed by atoms with Crippen LogP contribution in [0.25, 0.3) is 6.08 Å². The van der Waals surface area contributed by atoms with Crippen LogP contribution in [-0.2, 0) is 4.79 Å². The van der Waals surface area contributed by atoms with Crippen molar-refractivity contribution >= 4 is 35.2 Å². The Morgan fingerprint density at radius 1 is 1.38 bits per heavy atom. The number of hydrogen-bond donors (Lipinski definition) is 1. The molecule has 0 spiro atoms. The van der Waals surface area contributed by atoms with Gasteiger partial charge in [-0.05, 0) is 44.5 Å². The summed E-state index contributed by atoms with van der Waals surface area (Å²) in [5.41, 5.74) is 3.76. The number of carbonyl (C=O) groups is 1. The number of rotatable bonds is 5. The van der Waals surface area contributed by atoms with E-state index in [2.05, 4.69) is 50.9 Å². The van der Waals surface area contributed by atoms with Gasteiger partial charge in [-0.1, -0.05) is 25.5 Å². The monoisotopic (exact) mass is 344 g/mol. The number of nitrogens with zero attached hydrogens (tertiary/aromatic N) is 2. The first kappa shape index (κ1) is 18.3. The highest BCUT2D eigenvalue weighted by Crippen LogP contribution is 2.33. The molecule has 1 aliphatic heterocycles. The minimum Gasteiger partial charge on any atom is -0.479 e. The first-order chi connectivity index (χ1) is 11.3. The van der Waals surface area contributed by atoms with Gasteiger partial charge in [0.15, 0.2) is 6.04 Å². The van der Waals surface area contributed by atoms with E-state index in [1.54, 1.807) is 24.2 Å². The van der Waals surface area contributed by atoms with Gasteiger partial charge in [0.25, 0.3) is 0 Å². The maximum Gasteiger partial charge on any atom is 0.332 e. The SMILES string of the molecule is CC(C)=Cc1cc(N2C=CN=C(C)C2C(=O)O)ccc1SC(C)C. The van der Waals surface area contributed by atoms with Crippen molar-refractivity contribution in [3.63, 3.8) is 0 Å². The number of anilines is 1. The minimum atomic E-state index is -0.898. The molecule has 5 heteroatoms. The highest BCUT2D eigenvalue weighted by Gasteiger charge is 2.29. The lowest BCUT2D eigenvalue weighted by atomic mass is 10.1. The smallest absolute Gasteiger partial charge is 0.332 e. The first-order valence-electron chi connectivity index (χ1n) is 7.97. The molecule has 0 fully saturated rings. The molecule has 1 aromatic rings. The summed E-state index contributed by atoms with van der Waals surface area (Å²) in [6.45, 7) is 10.2. The van der Waals surface area contributed by atoms with Crippen LogP contribution in [-0.4, -0.2) is 28.1 Å². The van der Waals surface area contributed by atoms with E-state index < -0.39 is 12.0 Å². The van der Waals surface area contributed by atoms with E-state index in [1.807, 2.05) is 17.8 Å². The Labute approximate surface area is 148 Å². The quantitative estimate of drug-likeness (QED) is 0.778. The number of allylic oxidation sites excluding steroid dienone is 1. The van der Waals surface area contributed by atoms with E-state index in [0.717, 1.165) is 11.3 Å². The maximum absolute atomic E-state index is 11.7. The molecule has 2 rings (SSSR count).